The Labute approximate surface area is 98.5 Å². The topological polar surface area (TPSA) is 24.9 Å². The number of nitrogens with zero attached hydrogens (tertiary/aromatic N) is 1. The minimum absolute atomic E-state index is 0.519. The Hall–Kier alpha value is -0.890. The van der Waals surface area contributed by atoms with Crippen molar-refractivity contribution in [2.45, 2.75) is 52.1 Å². The molecule has 0 aromatic carbocycles. The van der Waals surface area contributed by atoms with Crippen LogP contribution in [0, 0.1) is 5.41 Å². The summed E-state index contributed by atoms with van der Waals surface area (Å²) >= 11 is 0. The summed E-state index contributed by atoms with van der Waals surface area (Å²) in [5, 5.41) is 3.65. The first-order valence-corrected chi connectivity index (χ1v) is 6.28. The molecule has 0 saturated heterocycles. The lowest BCUT2D eigenvalue weighted by molar-refractivity contribution is 0.198. The van der Waals surface area contributed by atoms with Gasteiger partial charge in [-0.2, -0.15) is 0 Å². The quantitative estimate of drug-likeness (QED) is 0.843. The molecule has 88 valence electrons. The smallest absolute Gasteiger partial charge is 0.0312 e. The largest absolute Gasteiger partial charge is 0.310 e. The highest BCUT2D eigenvalue weighted by atomic mass is 14.9. The van der Waals surface area contributed by atoms with E-state index in [0.717, 1.165) is 6.54 Å². The molecule has 1 unspecified atom stereocenters. The molecule has 16 heavy (non-hydrogen) atoms. The SMILES string of the molecule is CC1(C)CCCC(NCc2cccnc2)C1. The van der Waals surface area contributed by atoms with Gasteiger partial charge in [-0.25, -0.2) is 0 Å². The first-order chi connectivity index (χ1) is 7.66. The van der Waals surface area contributed by atoms with Crippen LogP contribution in [0.1, 0.15) is 45.1 Å². The molecular formula is C14H22N2. The Balaban J connectivity index is 1.82. The predicted octanol–water partition coefficient (Wildman–Crippen LogP) is 3.14. The summed E-state index contributed by atoms with van der Waals surface area (Å²) in [6.07, 6.45) is 9.13. The molecule has 1 N–H and O–H groups in total. The lowest BCUT2D eigenvalue weighted by Crippen LogP contribution is -2.36. The highest BCUT2D eigenvalue weighted by Gasteiger charge is 2.27. The second-order valence-electron chi connectivity index (χ2n) is 5.70. The summed E-state index contributed by atoms with van der Waals surface area (Å²) in [7, 11) is 0. The first-order valence-electron chi connectivity index (χ1n) is 6.28. The molecule has 1 saturated carbocycles. The van der Waals surface area contributed by atoms with Gasteiger partial charge in [0.2, 0.25) is 0 Å². The molecule has 1 fully saturated rings. The van der Waals surface area contributed by atoms with Crippen molar-refractivity contribution in [1.82, 2.24) is 10.3 Å². The molecule has 0 bridgehead atoms. The van der Waals surface area contributed by atoms with Crippen molar-refractivity contribution in [2.24, 2.45) is 5.41 Å². The maximum atomic E-state index is 4.14. The van der Waals surface area contributed by atoms with E-state index in [9.17, 15) is 0 Å². The van der Waals surface area contributed by atoms with Crippen LogP contribution < -0.4 is 5.32 Å². The van der Waals surface area contributed by atoms with Crippen molar-refractivity contribution < 1.29 is 0 Å². The zero-order valence-electron chi connectivity index (χ0n) is 10.4. The molecule has 2 heteroatoms. The van der Waals surface area contributed by atoms with E-state index in [1.807, 2.05) is 18.5 Å². The molecule has 0 aliphatic heterocycles. The Morgan fingerprint density at radius 2 is 2.38 bits per heavy atom. The van der Waals surface area contributed by atoms with E-state index < -0.39 is 0 Å². The fraction of sp³-hybridized carbons (Fsp3) is 0.643. The molecule has 1 atom stereocenters. The van der Waals surface area contributed by atoms with Crippen molar-refractivity contribution >= 4 is 0 Å². The third-order valence-corrected chi connectivity index (χ3v) is 3.52. The van der Waals surface area contributed by atoms with Gasteiger partial charge in [0.05, 0.1) is 0 Å². The van der Waals surface area contributed by atoms with E-state index in [4.69, 9.17) is 0 Å². The van der Waals surface area contributed by atoms with Crippen molar-refractivity contribution in [3.05, 3.63) is 30.1 Å². The van der Waals surface area contributed by atoms with E-state index in [1.54, 1.807) is 0 Å². The number of aromatic nitrogens is 1. The van der Waals surface area contributed by atoms with Crippen LogP contribution >= 0.6 is 0 Å². The lowest BCUT2D eigenvalue weighted by atomic mass is 9.75. The fourth-order valence-corrected chi connectivity index (χ4v) is 2.64. The second-order valence-corrected chi connectivity index (χ2v) is 5.70. The van der Waals surface area contributed by atoms with Gasteiger partial charge in [-0.3, -0.25) is 4.98 Å². The minimum Gasteiger partial charge on any atom is -0.310 e. The van der Waals surface area contributed by atoms with Crippen LogP contribution in [0.5, 0.6) is 0 Å². The number of hydrogen-bond acceptors (Lipinski definition) is 2. The third kappa shape index (κ3) is 3.31. The molecule has 1 heterocycles. The Morgan fingerprint density at radius 1 is 1.50 bits per heavy atom. The second kappa shape index (κ2) is 4.96. The van der Waals surface area contributed by atoms with Crippen LogP contribution in [0.15, 0.2) is 24.5 Å². The van der Waals surface area contributed by atoms with E-state index in [0.29, 0.717) is 11.5 Å². The normalized spacial score (nSPS) is 24.2. The van der Waals surface area contributed by atoms with E-state index >= 15 is 0 Å². The maximum absolute atomic E-state index is 4.14. The molecule has 1 aliphatic rings. The van der Waals surface area contributed by atoms with Crippen molar-refractivity contribution in [2.75, 3.05) is 0 Å². The van der Waals surface area contributed by atoms with Gasteiger partial charge in [0.1, 0.15) is 0 Å². The maximum Gasteiger partial charge on any atom is 0.0312 e. The van der Waals surface area contributed by atoms with Gasteiger partial charge < -0.3 is 5.32 Å². The summed E-state index contributed by atoms with van der Waals surface area (Å²) in [5.41, 5.74) is 1.80. The minimum atomic E-state index is 0.519. The van der Waals surface area contributed by atoms with Crippen LogP contribution in [0.2, 0.25) is 0 Å². The molecule has 1 aromatic rings. The number of nitrogens with one attached hydrogen (secondary N) is 1. The van der Waals surface area contributed by atoms with Gasteiger partial charge in [0.15, 0.2) is 0 Å². The summed E-state index contributed by atoms with van der Waals surface area (Å²) in [5.74, 6) is 0. The third-order valence-electron chi connectivity index (χ3n) is 3.52. The Kier molecular flexibility index (Phi) is 3.59. The summed E-state index contributed by atoms with van der Waals surface area (Å²) < 4.78 is 0. The van der Waals surface area contributed by atoms with Crippen molar-refractivity contribution in [3.8, 4) is 0 Å². The van der Waals surface area contributed by atoms with E-state index in [1.165, 1.54) is 31.2 Å². The highest BCUT2D eigenvalue weighted by molar-refractivity contribution is 5.08. The molecule has 1 aliphatic carbocycles. The predicted molar refractivity (Wildman–Crippen MR) is 67.1 cm³/mol. The van der Waals surface area contributed by atoms with Gasteiger partial charge in [-0.05, 0) is 36.3 Å². The summed E-state index contributed by atoms with van der Waals surface area (Å²) in [6.45, 7) is 5.71. The van der Waals surface area contributed by atoms with Gasteiger partial charge in [0, 0.05) is 25.0 Å². The first kappa shape index (κ1) is 11.6. The van der Waals surface area contributed by atoms with Crippen molar-refractivity contribution in [1.29, 1.82) is 0 Å². The zero-order valence-corrected chi connectivity index (χ0v) is 10.4. The Morgan fingerprint density at radius 3 is 3.06 bits per heavy atom. The van der Waals surface area contributed by atoms with Crippen molar-refractivity contribution in [3.63, 3.8) is 0 Å². The molecule has 0 amide bonds. The fourth-order valence-electron chi connectivity index (χ4n) is 2.64. The number of hydrogen-bond donors (Lipinski definition) is 1. The molecule has 0 radical (unpaired) electrons. The van der Waals surface area contributed by atoms with Crippen LogP contribution in [-0.4, -0.2) is 11.0 Å². The average Bonchev–Trinajstić information content (AvgIpc) is 2.27. The van der Waals surface area contributed by atoms with Crippen LogP contribution in [0.25, 0.3) is 0 Å². The van der Waals surface area contributed by atoms with Crippen LogP contribution in [0.4, 0.5) is 0 Å². The number of pyridine rings is 1. The van der Waals surface area contributed by atoms with Gasteiger partial charge >= 0.3 is 0 Å². The van der Waals surface area contributed by atoms with Gasteiger partial charge in [-0.1, -0.05) is 26.3 Å². The summed E-state index contributed by atoms with van der Waals surface area (Å²) in [4.78, 5) is 4.14. The van der Waals surface area contributed by atoms with Gasteiger partial charge in [0.25, 0.3) is 0 Å². The average molecular weight is 218 g/mol. The zero-order chi connectivity index (χ0) is 11.4. The van der Waals surface area contributed by atoms with Crippen LogP contribution in [-0.2, 0) is 6.54 Å². The Bertz CT molecular complexity index is 319. The number of rotatable bonds is 3. The van der Waals surface area contributed by atoms with Gasteiger partial charge in [-0.15, -0.1) is 0 Å². The monoisotopic (exact) mass is 218 g/mol. The van der Waals surface area contributed by atoms with E-state index in [2.05, 4.69) is 30.2 Å². The molecule has 1 aromatic heterocycles. The van der Waals surface area contributed by atoms with E-state index in [-0.39, 0.29) is 0 Å². The molecular weight excluding hydrogens is 196 g/mol. The molecule has 2 nitrogen and oxygen atoms in total. The van der Waals surface area contributed by atoms with Crippen LogP contribution in [0.3, 0.4) is 0 Å². The molecule has 2 rings (SSSR count). The highest BCUT2D eigenvalue weighted by Crippen LogP contribution is 2.35. The standard InChI is InChI=1S/C14H22N2/c1-14(2)7-3-6-13(9-14)16-11-12-5-4-8-15-10-12/h4-5,8,10,13,16H,3,6-7,9,11H2,1-2H3. The lowest BCUT2D eigenvalue weighted by Gasteiger charge is -2.35. The summed E-state index contributed by atoms with van der Waals surface area (Å²) in [6, 6.07) is 4.82. The molecule has 0 spiro atoms.